The molecule has 1 heterocycles. The second-order valence-corrected chi connectivity index (χ2v) is 6.01. The van der Waals surface area contributed by atoms with Crippen molar-refractivity contribution in [1.82, 2.24) is 15.1 Å². The third-order valence-corrected chi connectivity index (χ3v) is 3.96. The van der Waals surface area contributed by atoms with Gasteiger partial charge in [-0.1, -0.05) is 19.9 Å². The molecule has 3 nitrogen and oxygen atoms in total. The molecule has 1 aromatic carbocycles. The van der Waals surface area contributed by atoms with E-state index in [0.717, 1.165) is 40.8 Å². The lowest BCUT2D eigenvalue weighted by molar-refractivity contribution is 0.516. The SMILES string of the molecule is CCCn1ncc(Br)c1C(NCC)c1cc(C)cc(F)c1. The first kappa shape index (κ1) is 16.2. The number of benzene rings is 1. The fourth-order valence-corrected chi connectivity index (χ4v) is 3.08. The number of nitrogens with one attached hydrogen (secondary N) is 1. The van der Waals surface area contributed by atoms with Crippen molar-refractivity contribution in [2.24, 2.45) is 0 Å². The van der Waals surface area contributed by atoms with Crippen molar-refractivity contribution in [2.75, 3.05) is 6.54 Å². The van der Waals surface area contributed by atoms with E-state index in [0.29, 0.717) is 0 Å². The van der Waals surface area contributed by atoms with Gasteiger partial charge in [0.25, 0.3) is 0 Å². The van der Waals surface area contributed by atoms with Crippen LogP contribution in [0.3, 0.4) is 0 Å². The highest BCUT2D eigenvalue weighted by Crippen LogP contribution is 2.29. The molecule has 0 aliphatic heterocycles. The van der Waals surface area contributed by atoms with Gasteiger partial charge >= 0.3 is 0 Å². The summed E-state index contributed by atoms with van der Waals surface area (Å²) in [6, 6.07) is 5.08. The maximum atomic E-state index is 13.8. The Morgan fingerprint density at radius 2 is 2.10 bits per heavy atom. The van der Waals surface area contributed by atoms with Gasteiger partial charge in [-0.05, 0) is 59.1 Å². The van der Waals surface area contributed by atoms with Gasteiger partial charge in [0.2, 0.25) is 0 Å². The molecule has 1 N–H and O–H groups in total. The Labute approximate surface area is 133 Å². The van der Waals surface area contributed by atoms with Crippen LogP contribution < -0.4 is 5.32 Å². The monoisotopic (exact) mass is 353 g/mol. The number of hydrogen-bond acceptors (Lipinski definition) is 2. The van der Waals surface area contributed by atoms with Crippen LogP contribution in [0.1, 0.15) is 43.1 Å². The highest BCUT2D eigenvalue weighted by Gasteiger charge is 2.21. The molecule has 0 aliphatic carbocycles. The van der Waals surface area contributed by atoms with Gasteiger partial charge in [0.1, 0.15) is 5.82 Å². The number of aromatic nitrogens is 2. The van der Waals surface area contributed by atoms with E-state index in [1.54, 1.807) is 12.1 Å². The second-order valence-electron chi connectivity index (χ2n) is 5.15. The zero-order chi connectivity index (χ0) is 15.4. The van der Waals surface area contributed by atoms with E-state index in [1.807, 2.05) is 30.8 Å². The van der Waals surface area contributed by atoms with Crippen LogP contribution in [0.5, 0.6) is 0 Å². The largest absolute Gasteiger partial charge is 0.305 e. The molecule has 0 aliphatic rings. The van der Waals surface area contributed by atoms with Crippen LogP contribution in [0, 0.1) is 12.7 Å². The van der Waals surface area contributed by atoms with Crippen molar-refractivity contribution in [1.29, 1.82) is 0 Å². The summed E-state index contributed by atoms with van der Waals surface area (Å²) < 4.78 is 16.7. The van der Waals surface area contributed by atoms with Gasteiger partial charge in [-0.25, -0.2) is 4.39 Å². The van der Waals surface area contributed by atoms with E-state index in [1.165, 1.54) is 0 Å². The number of halogens is 2. The minimum Gasteiger partial charge on any atom is -0.305 e. The van der Waals surface area contributed by atoms with Crippen LogP contribution in [0.25, 0.3) is 0 Å². The van der Waals surface area contributed by atoms with Crippen LogP contribution in [0.4, 0.5) is 4.39 Å². The average molecular weight is 354 g/mol. The highest BCUT2D eigenvalue weighted by molar-refractivity contribution is 9.10. The van der Waals surface area contributed by atoms with Crippen LogP contribution in [0.15, 0.2) is 28.9 Å². The van der Waals surface area contributed by atoms with Gasteiger partial charge in [0.05, 0.1) is 22.4 Å². The maximum Gasteiger partial charge on any atom is 0.123 e. The van der Waals surface area contributed by atoms with E-state index in [2.05, 4.69) is 33.3 Å². The van der Waals surface area contributed by atoms with E-state index in [-0.39, 0.29) is 11.9 Å². The van der Waals surface area contributed by atoms with E-state index >= 15 is 0 Å². The van der Waals surface area contributed by atoms with Crippen LogP contribution >= 0.6 is 15.9 Å². The lowest BCUT2D eigenvalue weighted by atomic mass is 10.0. The first-order valence-corrected chi connectivity index (χ1v) is 8.07. The third-order valence-electron chi connectivity index (χ3n) is 3.35. The summed E-state index contributed by atoms with van der Waals surface area (Å²) in [7, 11) is 0. The lowest BCUT2D eigenvalue weighted by Gasteiger charge is -2.21. The number of rotatable bonds is 6. The fraction of sp³-hybridized carbons (Fsp3) is 0.438. The van der Waals surface area contributed by atoms with Crippen molar-refractivity contribution < 1.29 is 4.39 Å². The standard InChI is InChI=1S/C16H21BrFN3/c1-4-6-21-16(14(17)10-20-21)15(19-5-2)12-7-11(3)8-13(18)9-12/h7-10,15,19H,4-6H2,1-3H3. The van der Waals surface area contributed by atoms with Crippen molar-refractivity contribution in [3.05, 3.63) is 51.5 Å². The predicted molar refractivity (Wildman–Crippen MR) is 86.9 cm³/mol. The summed E-state index contributed by atoms with van der Waals surface area (Å²) in [6.07, 6.45) is 2.81. The normalized spacial score (nSPS) is 12.6. The summed E-state index contributed by atoms with van der Waals surface area (Å²) in [6.45, 7) is 7.72. The summed E-state index contributed by atoms with van der Waals surface area (Å²) in [5.41, 5.74) is 2.89. The Bertz CT molecular complexity index is 589. The van der Waals surface area contributed by atoms with Crippen LogP contribution in [0.2, 0.25) is 0 Å². The molecule has 0 amide bonds. The number of aryl methyl sites for hydroxylation is 2. The molecule has 5 heteroatoms. The summed E-state index contributed by atoms with van der Waals surface area (Å²) >= 11 is 3.58. The molecule has 2 rings (SSSR count). The third kappa shape index (κ3) is 3.71. The van der Waals surface area contributed by atoms with E-state index < -0.39 is 0 Å². The molecule has 0 saturated carbocycles. The van der Waals surface area contributed by atoms with Gasteiger partial charge in [-0.15, -0.1) is 0 Å². The Morgan fingerprint density at radius 1 is 1.33 bits per heavy atom. The minimum atomic E-state index is -0.203. The quantitative estimate of drug-likeness (QED) is 0.843. The van der Waals surface area contributed by atoms with Gasteiger partial charge in [0.15, 0.2) is 0 Å². The Balaban J connectivity index is 2.50. The second kappa shape index (κ2) is 7.18. The average Bonchev–Trinajstić information content (AvgIpc) is 2.77. The zero-order valence-electron chi connectivity index (χ0n) is 12.7. The molecule has 1 aromatic heterocycles. The molecule has 21 heavy (non-hydrogen) atoms. The molecule has 1 atom stereocenters. The smallest absolute Gasteiger partial charge is 0.123 e. The summed E-state index contributed by atoms with van der Waals surface area (Å²) in [5, 5.41) is 7.85. The summed E-state index contributed by atoms with van der Waals surface area (Å²) in [5.74, 6) is -0.203. The molecular formula is C16H21BrFN3. The minimum absolute atomic E-state index is 0.0761. The first-order valence-electron chi connectivity index (χ1n) is 7.28. The van der Waals surface area contributed by atoms with Crippen molar-refractivity contribution in [2.45, 2.75) is 39.8 Å². The molecule has 0 fully saturated rings. The van der Waals surface area contributed by atoms with Crippen molar-refractivity contribution >= 4 is 15.9 Å². The summed E-state index contributed by atoms with van der Waals surface area (Å²) in [4.78, 5) is 0. The highest BCUT2D eigenvalue weighted by atomic mass is 79.9. The molecule has 0 radical (unpaired) electrons. The molecular weight excluding hydrogens is 333 g/mol. The Morgan fingerprint density at radius 3 is 2.71 bits per heavy atom. The molecule has 0 bridgehead atoms. The molecule has 0 spiro atoms. The topological polar surface area (TPSA) is 29.9 Å². The Kier molecular flexibility index (Phi) is 5.53. The van der Waals surface area contributed by atoms with E-state index in [4.69, 9.17) is 0 Å². The van der Waals surface area contributed by atoms with Gasteiger partial charge in [0, 0.05) is 6.54 Å². The Hall–Kier alpha value is -1.20. The van der Waals surface area contributed by atoms with Gasteiger partial charge in [-0.2, -0.15) is 5.10 Å². The van der Waals surface area contributed by atoms with Gasteiger partial charge in [-0.3, -0.25) is 4.68 Å². The van der Waals surface area contributed by atoms with Crippen molar-refractivity contribution in [3.8, 4) is 0 Å². The number of nitrogens with zero attached hydrogens (tertiary/aromatic N) is 2. The number of hydrogen-bond donors (Lipinski definition) is 1. The molecule has 2 aromatic rings. The first-order chi connectivity index (χ1) is 10.1. The predicted octanol–water partition coefficient (Wildman–Crippen LogP) is 4.20. The van der Waals surface area contributed by atoms with Crippen LogP contribution in [-0.4, -0.2) is 16.3 Å². The zero-order valence-corrected chi connectivity index (χ0v) is 14.2. The molecule has 1 unspecified atom stereocenters. The van der Waals surface area contributed by atoms with Crippen LogP contribution in [-0.2, 0) is 6.54 Å². The maximum absolute atomic E-state index is 13.8. The van der Waals surface area contributed by atoms with Crippen molar-refractivity contribution in [3.63, 3.8) is 0 Å². The molecule has 114 valence electrons. The van der Waals surface area contributed by atoms with Gasteiger partial charge < -0.3 is 5.32 Å². The lowest BCUT2D eigenvalue weighted by Crippen LogP contribution is -2.25. The molecule has 0 saturated heterocycles. The van der Waals surface area contributed by atoms with E-state index in [9.17, 15) is 4.39 Å². The fourth-order valence-electron chi connectivity index (χ4n) is 2.56.